The molecule has 1 saturated heterocycles. The van der Waals surface area contributed by atoms with Crippen molar-refractivity contribution in [2.24, 2.45) is 5.73 Å². The van der Waals surface area contributed by atoms with Gasteiger partial charge in [0.25, 0.3) is 5.91 Å². The van der Waals surface area contributed by atoms with Crippen molar-refractivity contribution in [2.75, 3.05) is 26.4 Å². The molecular formula is C12H15ClFN3O4. The van der Waals surface area contributed by atoms with Crippen LogP contribution < -0.4 is 5.73 Å². The monoisotopic (exact) mass is 319 g/mol. The maximum Gasteiger partial charge on any atom is 0.357 e. The number of amides is 1. The molecule has 1 amide bonds. The van der Waals surface area contributed by atoms with Gasteiger partial charge in [0, 0.05) is 18.7 Å². The molecule has 0 aromatic carbocycles. The molecule has 2 N–H and O–H groups in total. The summed E-state index contributed by atoms with van der Waals surface area (Å²) in [5, 5.41) is 2.44. The van der Waals surface area contributed by atoms with Crippen molar-refractivity contribution in [1.82, 2.24) is 10.0 Å². The van der Waals surface area contributed by atoms with Crippen molar-refractivity contribution in [3.63, 3.8) is 0 Å². The van der Waals surface area contributed by atoms with Crippen molar-refractivity contribution in [1.29, 1.82) is 0 Å². The minimum absolute atomic E-state index is 0. The fourth-order valence-electron chi connectivity index (χ4n) is 2.17. The smallest absolute Gasteiger partial charge is 0.357 e. The third-order valence-electron chi connectivity index (χ3n) is 3.04. The highest BCUT2D eigenvalue weighted by Crippen LogP contribution is 2.30. The number of carbonyl (C=O) groups is 3. The van der Waals surface area contributed by atoms with Crippen molar-refractivity contribution in [3.05, 3.63) is 23.9 Å². The van der Waals surface area contributed by atoms with Crippen LogP contribution >= 0.6 is 12.4 Å². The summed E-state index contributed by atoms with van der Waals surface area (Å²) in [5.74, 6) is -2.23. The Hall–Kier alpha value is -1.77. The lowest BCUT2D eigenvalue weighted by Gasteiger charge is -2.20. The average Bonchev–Trinajstić information content (AvgIpc) is 2.93. The Morgan fingerprint density at radius 2 is 2.19 bits per heavy atom. The van der Waals surface area contributed by atoms with Gasteiger partial charge in [-0.15, -0.1) is 12.4 Å². The second-order valence-electron chi connectivity index (χ2n) is 4.37. The van der Waals surface area contributed by atoms with E-state index in [1.165, 1.54) is 11.1 Å². The van der Waals surface area contributed by atoms with Gasteiger partial charge in [0.2, 0.25) is 0 Å². The minimum Gasteiger partial charge on any atom is -0.457 e. The molecule has 0 radical (unpaired) electrons. The first-order valence-corrected chi connectivity index (χ1v) is 5.96. The van der Waals surface area contributed by atoms with Crippen LogP contribution in [0.2, 0.25) is 0 Å². The van der Waals surface area contributed by atoms with Crippen molar-refractivity contribution in [3.8, 4) is 0 Å². The molecule has 0 unspecified atom stereocenters. The molecule has 21 heavy (non-hydrogen) atoms. The number of esters is 1. The molecule has 116 valence electrons. The van der Waals surface area contributed by atoms with Crippen LogP contribution in [0.15, 0.2) is 23.9 Å². The number of nitrogens with zero attached hydrogens (tertiary/aromatic N) is 2. The van der Waals surface area contributed by atoms with Crippen molar-refractivity contribution < 1.29 is 23.5 Å². The number of Topliss-reactive ketones (excluding diaryl/α,β-unsaturated/α-hetero) is 1. The van der Waals surface area contributed by atoms with Gasteiger partial charge in [0.15, 0.2) is 18.2 Å². The number of nitrogens with two attached hydrogens (primary N) is 1. The summed E-state index contributed by atoms with van der Waals surface area (Å²) in [4.78, 5) is 35.5. The van der Waals surface area contributed by atoms with Gasteiger partial charge >= 0.3 is 5.97 Å². The van der Waals surface area contributed by atoms with E-state index in [0.717, 1.165) is 5.01 Å². The number of ketones is 1. The normalized spacial score (nSPS) is 21.1. The number of ether oxygens (including phenoxy) is 1. The first kappa shape index (κ1) is 17.3. The fraction of sp³-hybridized carbons (Fsp3) is 0.417. The summed E-state index contributed by atoms with van der Waals surface area (Å²) >= 11 is 0. The molecule has 9 heteroatoms. The molecule has 0 bridgehead atoms. The molecule has 2 rings (SSSR count). The van der Waals surface area contributed by atoms with Crippen LogP contribution in [0, 0.1) is 0 Å². The maximum atomic E-state index is 12.6. The fourth-order valence-corrected chi connectivity index (χ4v) is 2.17. The number of hydrogen-bond acceptors (Lipinski definition) is 6. The van der Waals surface area contributed by atoms with E-state index in [0.29, 0.717) is 0 Å². The third-order valence-corrected chi connectivity index (χ3v) is 3.04. The summed E-state index contributed by atoms with van der Waals surface area (Å²) in [6.07, 6.45) is 1.35. The van der Waals surface area contributed by atoms with Crippen molar-refractivity contribution in [2.45, 2.75) is 6.04 Å². The first-order valence-electron chi connectivity index (χ1n) is 5.96. The number of carbonyl (C=O) groups excluding carboxylic acids is 3. The van der Waals surface area contributed by atoms with Gasteiger partial charge in [-0.2, -0.15) is 0 Å². The van der Waals surface area contributed by atoms with E-state index < -0.39 is 30.4 Å². The molecule has 0 aromatic rings. The van der Waals surface area contributed by atoms with Gasteiger partial charge in [-0.1, -0.05) is 12.7 Å². The van der Waals surface area contributed by atoms with E-state index >= 15 is 0 Å². The standard InChI is InChI=1S/C12H14FN3O4.ClH/c1-2-3-20-12(19)10-7(9(17)4-13)5-15-6-8(14)11(18)16(10)15;/h2,8H,1,3-6,14H2;1H/t8-;/m1./s1. The zero-order valence-electron chi connectivity index (χ0n) is 11.1. The Morgan fingerprint density at radius 1 is 1.52 bits per heavy atom. The van der Waals surface area contributed by atoms with Crippen LogP contribution in [-0.4, -0.2) is 60.1 Å². The summed E-state index contributed by atoms with van der Waals surface area (Å²) in [7, 11) is 0. The first-order chi connectivity index (χ1) is 9.51. The molecule has 1 fully saturated rings. The lowest BCUT2D eigenvalue weighted by atomic mass is 10.1. The zero-order chi connectivity index (χ0) is 14.9. The van der Waals surface area contributed by atoms with Gasteiger partial charge in [-0.05, 0) is 0 Å². The number of rotatable bonds is 5. The molecule has 2 aliphatic heterocycles. The van der Waals surface area contributed by atoms with E-state index in [1.807, 2.05) is 0 Å². The second-order valence-corrected chi connectivity index (χ2v) is 4.37. The molecular weight excluding hydrogens is 305 g/mol. The molecule has 2 heterocycles. The Labute approximate surface area is 126 Å². The predicted octanol–water partition coefficient (Wildman–Crippen LogP) is -0.670. The molecule has 2 aliphatic rings. The van der Waals surface area contributed by atoms with Gasteiger partial charge < -0.3 is 10.5 Å². The lowest BCUT2D eigenvalue weighted by Crippen LogP contribution is -2.38. The second kappa shape index (κ2) is 6.79. The SMILES string of the molecule is C=CCOC(=O)C1=C(C(=O)CF)CN2C[C@@H](N)C(=O)N12.Cl. The summed E-state index contributed by atoms with van der Waals surface area (Å²) in [6, 6.07) is -0.778. The van der Waals surface area contributed by atoms with Crippen LogP contribution in [0.25, 0.3) is 0 Å². The Balaban J connectivity index is 0.00000220. The quantitative estimate of drug-likeness (QED) is 0.534. The van der Waals surface area contributed by atoms with Gasteiger partial charge in [0.05, 0.1) is 0 Å². The van der Waals surface area contributed by atoms with Gasteiger partial charge in [-0.3, -0.25) is 9.59 Å². The van der Waals surface area contributed by atoms with Gasteiger partial charge in [-0.25, -0.2) is 19.2 Å². The Kier molecular flexibility index (Phi) is 5.59. The number of halogens is 2. The third kappa shape index (κ3) is 2.97. The van der Waals surface area contributed by atoms with Crippen LogP contribution in [-0.2, 0) is 19.1 Å². The molecule has 7 nitrogen and oxygen atoms in total. The number of hydrogen-bond donors (Lipinski definition) is 1. The Bertz CT molecular complexity index is 523. The summed E-state index contributed by atoms with van der Waals surface area (Å²) in [6.45, 7) is 2.22. The van der Waals surface area contributed by atoms with E-state index in [4.69, 9.17) is 10.5 Å². The minimum atomic E-state index is -1.24. The molecule has 1 atom stereocenters. The van der Waals surface area contributed by atoms with Crippen LogP contribution in [0.4, 0.5) is 4.39 Å². The predicted molar refractivity (Wildman–Crippen MR) is 72.8 cm³/mol. The highest BCUT2D eigenvalue weighted by Gasteiger charge is 2.47. The summed E-state index contributed by atoms with van der Waals surface area (Å²) in [5.41, 5.74) is 5.29. The Morgan fingerprint density at radius 3 is 2.76 bits per heavy atom. The van der Waals surface area contributed by atoms with E-state index in [-0.39, 0.29) is 43.4 Å². The largest absolute Gasteiger partial charge is 0.457 e. The summed E-state index contributed by atoms with van der Waals surface area (Å²) < 4.78 is 17.4. The van der Waals surface area contributed by atoms with Crippen molar-refractivity contribution >= 4 is 30.1 Å². The number of hydrazine groups is 1. The van der Waals surface area contributed by atoms with E-state index in [9.17, 15) is 18.8 Å². The maximum absolute atomic E-state index is 12.6. The highest BCUT2D eigenvalue weighted by molar-refractivity contribution is 6.08. The molecule has 0 spiro atoms. The molecule has 0 aromatic heterocycles. The zero-order valence-corrected chi connectivity index (χ0v) is 11.9. The average molecular weight is 320 g/mol. The number of fused-ring (bicyclic) bond motifs is 1. The van der Waals surface area contributed by atoms with E-state index in [1.54, 1.807) is 0 Å². The lowest BCUT2D eigenvalue weighted by molar-refractivity contribution is -0.146. The van der Waals surface area contributed by atoms with E-state index in [2.05, 4.69) is 6.58 Å². The highest BCUT2D eigenvalue weighted by atomic mass is 35.5. The topological polar surface area (TPSA) is 92.9 Å². The molecule has 0 saturated carbocycles. The molecule has 0 aliphatic carbocycles. The van der Waals surface area contributed by atoms with Crippen LogP contribution in [0.5, 0.6) is 0 Å². The van der Waals surface area contributed by atoms with Crippen LogP contribution in [0.1, 0.15) is 0 Å². The van der Waals surface area contributed by atoms with Gasteiger partial charge in [0.1, 0.15) is 12.6 Å². The number of alkyl halides is 1. The van der Waals surface area contributed by atoms with Crippen LogP contribution in [0.3, 0.4) is 0 Å².